The van der Waals surface area contributed by atoms with Crippen molar-refractivity contribution < 1.29 is 22.7 Å². The van der Waals surface area contributed by atoms with Crippen LogP contribution in [0.5, 0.6) is 0 Å². The van der Waals surface area contributed by atoms with Crippen molar-refractivity contribution in [3.8, 4) is 0 Å². The van der Waals surface area contributed by atoms with Crippen LogP contribution in [0, 0.1) is 0 Å². The second kappa shape index (κ2) is 9.15. The Hall–Kier alpha value is -3.09. The lowest BCUT2D eigenvalue weighted by molar-refractivity contribution is -0.152. The zero-order chi connectivity index (χ0) is 21.7. The highest BCUT2D eigenvalue weighted by atomic mass is 35.5. The first-order valence-corrected chi connectivity index (χ1v) is 10.5. The molecule has 0 aliphatic rings. The predicted molar refractivity (Wildman–Crippen MR) is 107 cm³/mol. The average Bonchev–Trinajstić information content (AvgIpc) is 3.17. The average molecular weight is 453 g/mol. The van der Waals surface area contributed by atoms with E-state index in [1.165, 1.54) is 37.8 Å². The third-order valence-corrected chi connectivity index (χ3v) is 5.56. The Balaban J connectivity index is 1.49. The van der Waals surface area contributed by atoms with E-state index < -0.39 is 28.0 Å². The number of H-pyrrole nitrogens is 1. The zero-order valence-corrected chi connectivity index (χ0v) is 17.2. The minimum Gasteiger partial charge on any atom is -0.452 e. The van der Waals surface area contributed by atoms with Crippen LogP contribution in [0.25, 0.3) is 11.2 Å². The van der Waals surface area contributed by atoms with E-state index in [1.807, 2.05) is 0 Å². The number of esters is 1. The Morgan fingerprint density at radius 3 is 2.83 bits per heavy atom. The van der Waals surface area contributed by atoms with Crippen molar-refractivity contribution >= 4 is 50.5 Å². The molecule has 30 heavy (non-hydrogen) atoms. The first-order chi connectivity index (χ1) is 14.3. The summed E-state index contributed by atoms with van der Waals surface area (Å²) < 4.78 is 31.7. The molecule has 0 saturated carbocycles. The summed E-state index contributed by atoms with van der Waals surface area (Å²) in [6.45, 7) is 1.18. The molecule has 13 heteroatoms. The molecule has 3 N–H and O–H groups in total. The number of hydrogen-bond donors (Lipinski definition) is 3. The van der Waals surface area contributed by atoms with Gasteiger partial charge in [0.2, 0.25) is 10.0 Å². The van der Waals surface area contributed by atoms with E-state index in [2.05, 4.69) is 30.0 Å². The molecule has 0 saturated heterocycles. The number of rotatable bonds is 8. The van der Waals surface area contributed by atoms with E-state index in [1.54, 1.807) is 6.07 Å². The van der Waals surface area contributed by atoms with Crippen LogP contribution in [0.15, 0.2) is 41.8 Å². The molecule has 0 bridgehead atoms. The number of carbonyl (C=O) groups is 2. The quantitative estimate of drug-likeness (QED) is 0.431. The molecule has 2 heterocycles. The van der Waals surface area contributed by atoms with E-state index in [0.717, 1.165) is 0 Å². The van der Waals surface area contributed by atoms with Gasteiger partial charge in [-0.15, -0.1) is 0 Å². The molecule has 1 amide bonds. The number of aromatic amines is 1. The Morgan fingerprint density at radius 2 is 2.07 bits per heavy atom. The van der Waals surface area contributed by atoms with Crippen molar-refractivity contribution in [1.82, 2.24) is 24.7 Å². The molecule has 3 aromatic rings. The molecule has 0 spiro atoms. The third-order valence-electron chi connectivity index (χ3n) is 3.87. The van der Waals surface area contributed by atoms with Crippen molar-refractivity contribution in [3.63, 3.8) is 0 Å². The van der Waals surface area contributed by atoms with Crippen molar-refractivity contribution in [2.24, 2.45) is 0 Å². The summed E-state index contributed by atoms with van der Waals surface area (Å²) in [7, 11) is -3.82. The lowest BCUT2D eigenvalue weighted by atomic mass is 10.3. The Labute approximate surface area is 176 Å². The molecule has 0 aliphatic heterocycles. The smallest absolute Gasteiger partial charge is 0.307 e. The summed E-state index contributed by atoms with van der Waals surface area (Å²) in [6.07, 6.45) is 1.25. The van der Waals surface area contributed by atoms with Gasteiger partial charge >= 0.3 is 5.97 Å². The Kier molecular flexibility index (Phi) is 6.59. The number of halogens is 1. The van der Waals surface area contributed by atoms with Gasteiger partial charge in [0, 0.05) is 11.6 Å². The topological polar surface area (TPSA) is 156 Å². The number of ether oxygens (including phenoxy) is 1. The first kappa shape index (κ1) is 21.6. The highest BCUT2D eigenvalue weighted by Crippen LogP contribution is 2.16. The summed E-state index contributed by atoms with van der Waals surface area (Å²) in [6, 6.07) is 5.71. The van der Waals surface area contributed by atoms with Crippen LogP contribution in [-0.4, -0.2) is 52.9 Å². The zero-order valence-electron chi connectivity index (χ0n) is 15.6. The van der Waals surface area contributed by atoms with Gasteiger partial charge in [0.05, 0.1) is 17.6 Å². The molecule has 11 nitrogen and oxygen atoms in total. The minimum absolute atomic E-state index is 0.0221. The maximum Gasteiger partial charge on any atom is 0.307 e. The second-order valence-corrected chi connectivity index (χ2v) is 8.25. The standard InChI is InChI=1S/C17H17ClN6O5S/c1-10(17(26)24-16-14-15(20-8-19-14)21-9-22-16)29-13(25)5-6-23-30(27,28)12-4-2-3-11(18)7-12/h2-4,7-10,23H,5-6H2,1H3,(H2,19,20,21,22,24,26). The van der Waals surface area contributed by atoms with Crippen molar-refractivity contribution in [3.05, 3.63) is 41.9 Å². The van der Waals surface area contributed by atoms with E-state index in [9.17, 15) is 18.0 Å². The van der Waals surface area contributed by atoms with Crippen LogP contribution in [-0.2, 0) is 24.3 Å². The maximum atomic E-state index is 12.3. The second-order valence-electron chi connectivity index (χ2n) is 6.05. The fourth-order valence-corrected chi connectivity index (χ4v) is 3.72. The number of sulfonamides is 1. The number of benzene rings is 1. The lowest BCUT2D eigenvalue weighted by Gasteiger charge is -2.13. The van der Waals surface area contributed by atoms with Gasteiger partial charge in [-0.3, -0.25) is 9.59 Å². The molecular weight excluding hydrogens is 436 g/mol. The van der Waals surface area contributed by atoms with Crippen molar-refractivity contribution in [1.29, 1.82) is 0 Å². The highest BCUT2D eigenvalue weighted by Gasteiger charge is 2.21. The maximum absolute atomic E-state index is 12.3. The largest absolute Gasteiger partial charge is 0.452 e. The number of amides is 1. The number of nitrogens with zero attached hydrogens (tertiary/aromatic N) is 3. The van der Waals surface area contributed by atoms with Gasteiger partial charge < -0.3 is 15.0 Å². The number of carbonyl (C=O) groups excluding carboxylic acids is 2. The van der Waals surface area contributed by atoms with E-state index in [4.69, 9.17) is 16.3 Å². The molecule has 1 unspecified atom stereocenters. The molecule has 1 atom stereocenters. The summed E-state index contributed by atoms with van der Waals surface area (Å²) in [4.78, 5) is 38.8. The normalized spacial score (nSPS) is 12.5. The highest BCUT2D eigenvalue weighted by molar-refractivity contribution is 7.89. The molecular formula is C17H17ClN6O5S. The fourth-order valence-electron chi connectivity index (χ4n) is 2.39. The predicted octanol–water partition coefficient (Wildman–Crippen LogP) is 1.25. The molecule has 0 fully saturated rings. The van der Waals surface area contributed by atoms with Crippen LogP contribution in [0.2, 0.25) is 5.02 Å². The number of anilines is 1. The summed E-state index contributed by atoms with van der Waals surface area (Å²) in [5, 5.41) is 2.79. The van der Waals surface area contributed by atoms with Crippen LogP contribution < -0.4 is 10.0 Å². The number of imidazole rings is 1. The minimum atomic E-state index is -3.82. The summed E-state index contributed by atoms with van der Waals surface area (Å²) in [5.74, 6) is -1.17. The van der Waals surface area contributed by atoms with E-state index in [0.29, 0.717) is 11.2 Å². The van der Waals surface area contributed by atoms with Gasteiger partial charge in [-0.1, -0.05) is 17.7 Å². The molecule has 1 aromatic carbocycles. The monoisotopic (exact) mass is 452 g/mol. The fraction of sp³-hybridized carbons (Fsp3) is 0.235. The van der Waals surface area contributed by atoms with Gasteiger partial charge in [0.15, 0.2) is 17.6 Å². The summed E-state index contributed by atoms with van der Waals surface area (Å²) in [5.41, 5.74) is 0.803. The number of hydrogen-bond acceptors (Lipinski definition) is 8. The third kappa shape index (κ3) is 5.28. The van der Waals surface area contributed by atoms with Crippen molar-refractivity contribution in [2.45, 2.75) is 24.3 Å². The summed E-state index contributed by atoms with van der Waals surface area (Å²) >= 11 is 5.79. The van der Waals surface area contributed by atoms with Crippen molar-refractivity contribution in [2.75, 3.05) is 11.9 Å². The van der Waals surface area contributed by atoms with Crippen LogP contribution in [0.1, 0.15) is 13.3 Å². The van der Waals surface area contributed by atoms with Gasteiger partial charge in [-0.05, 0) is 25.1 Å². The molecule has 2 aromatic heterocycles. The molecule has 158 valence electrons. The van der Waals surface area contributed by atoms with Gasteiger partial charge in [0.25, 0.3) is 5.91 Å². The lowest BCUT2D eigenvalue weighted by Crippen LogP contribution is -2.32. The molecule has 3 rings (SSSR count). The van der Waals surface area contributed by atoms with Crippen LogP contribution in [0.3, 0.4) is 0 Å². The number of aromatic nitrogens is 4. The number of nitrogens with one attached hydrogen (secondary N) is 3. The molecule has 0 radical (unpaired) electrons. The van der Waals surface area contributed by atoms with E-state index >= 15 is 0 Å². The van der Waals surface area contributed by atoms with Crippen LogP contribution in [0.4, 0.5) is 5.82 Å². The first-order valence-electron chi connectivity index (χ1n) is 8.66. The van der Waals surface area contributed by atoms with Gasteiger partial charge in [-0.25, -0.2) is 28.1 Å². The molecule has 0 aliphatic carbocycles. The SMILES string of the molecule is CC(OC(=O)CCNS(=O)(=O)c1cccc(Cl)c1)C(=O)Nc1ncnc2nc[nH]c12. The van der Waals surface area contributed by atoms with Gasteiger partial charge in [0.1, 0.15) is 11.8 Å². The van der Waals surface area contributed by atoms with E-state index in [-0.39, 0.29) is 28.7 Å². The number of fused-ring (bicyclic) bond motifs is 1. The Morgan fingerprint density at radius 1 is 1.27 bits per heavy atom. The van der Waals surface area contributed by atoms with Crippen LogP contribution >= 0.6 is 11.6 Å². The Bertz CT molecular complexity index is 1180. The van der Waals surface area contributed by atoms with Gasteiger partial charge in [-0.2, -0.15) is 0 Å².